The summed E-state index contributed by atoms with van der Waals surface area (Å²) in [5.41, 5.74) is -1.14. The second-order valence-electron chi connectivity index (χ2n) is 9.20. The summed E-state index contributed by atoms with van der Waals surface area (Å²) in [4.78, 5) is 42.8. The first-order valence-corrected chi connectivity index (χ1v) is 11.5. The number of carbonyl (C=O) groups is 3. The van der Waals surface area contributed by atoms with Crippen LogP contribution in [0.5, 0.6) is 0 Å². The van der Waals surface area contributed by atoms with E-state index in [1.54, 1.807) is 11.0 Å². The van der Waals surface area contributed by atoms with E-state index in [-0.39, 0.29) is 24.3 Å². The zero-order valence-electron chi connectivity index (χ0n) is 18.8. The van der Waals surface area contributed by atoms with Gasteiger partial charge in [-0.05, 0) is 25.2 Å². The van der Waals surface area contributed by atoms with Gasteiger partial charge in [0.15, 0.2) is 0 Å². The standard InChI is InChI=1S/C23H36N2O6/c1-5-8-12-24(11-6-2)21(28)19-23-10-9-16(31-23)17(22(29)30)18(23)20(27)25(19)15(13-26)14(4)7-3/h6,14-19,26H,2,5,7-13H2,1,3-4H3,(H,29,30)/t14-,15-,16-,17+,18+,19-,23+/m0/s1. The zero-order chi connectivity index (χ0) is 22.9. The van der Waals surface area contributed by atoms with E-state index in [9.17, 15) is 24.6 Å². The molecular weight excluding hydrogens is 400 g/mol. The fraction of sp³-hybridized carbons (Fsp3) is 0.783. The van der Waals surface area contributed by atoms with Gasteiger partial charge in [-0.2, -0.15) is 0 Å². The molecule has 3 saturated heterocycles. The lowest BCUT2D eigenvalue weighted by Gasteiger charge is -2.41. The normalized spacial score (nSPS) is 33.3. The van der Waals surface area contributed by atoms with Gasteiger partial charge in [0, 0.05) is 13.1 Å². The van der Waals surface area contributed by atoms with E-state index >= 15 is 0 Å². The van der Waals surface area contributed by atoms with Crippen LogP contribution in [0.2, 0.25) is 0 Å². The van der Waals surface area contributed by atoms with Crippen molar-refractivity contribution in [2.45, 2.75) is 76.7 Å². The summed E-state index contributed by atoms with van der Waals surface area (Å²) in [5, 5.41) is 20.1. The first kappa shape index (κ1) is 23.7. The van der Waals surface area contributed by atoms with Gasteiger partial charge in [0.1, 0.15) is 11.6 Å². The van der Waals surface area contributed by atoms with E-state index in [2.05, 4.69) is 6.58 Å². The molecule has 7 atom stereocenters. The van der Waals surface area contributed by atoms with Gasteiger partial charge in [-0.25, -0.2) is 0 Å². The number of rotatable bonds is 11. The molecule has 1 spiro atoms. The summed E-state index contributed by atoms with van der Waals surface area (Å²) in [6.45, 7) is 10.3. The molecule has 31 heavy (non-hydrogen) atoms. The largest absolute Gasteiger partial charge is 0.481 e. The summed E-state index contributed by atoms with van der Waals surface area (Å²) in [6.07, 6.45) is 4.53. The van der Waals surface area contributed by atoms with Crippen LogP contribution in [-0.4, -0.2) is 81.3 Å². The van der Waals surface area contributed by atoms with Crippen molar-refractivity contribution in [3.05, 3.63) is 12.7 Å². The molecule has 0 saturated carbocycles. The van der Waals surface area contributed by atoms with Crippen LogP contribution < -0.4 is 0 Å². The van der Waals surface area contributed by atoms with Gasteiger partial charge in [-0.1, -0.05) is 39.7 Å². The lowest BCUT2D eigenvalue weighted by molar-refractivity contribution is -0.154. The molecule has 8 nitrogen and oxygen atoms in total. The fourth-order valence-corrected chi connectivity index (χ4v) is 5.79. The van der Waals surface area contributed by atoms with Crippen LogP contribution in [0.3, 0.4) is 0 Å². The Morgan fingerprint density at radius 1 is 1.42 bits per heavy atom. The second-order valence-corrected chi connectivity index (χ2v) is 9.20. The molecule has 0 aromatic rings. The first-order chi connectivity index (χ1) is 14.8. The number of carbonyl (C=O) groups excluding carboxylic acids is 2. The maximum absolute atomic E-state index is 13.9. The molecule has 0 aromatic heterocycles. The number of aliphatic carboxylic acids is 1. The van der Waals surface area contributed by atoms with Gasteiger partial charge < -0.3 is 24.7 Å². The molecule has 0 aliphatic carbocycles. The van der Waals surface area contributed by atoms with E-state index in [1.807, 2.05) is 20.8 Å². The topological polar surface area (TPSA) is 107 Å². The summed E-state index contributed by atoms with van der Waals surface area (Å²) in [5.74, 6) is -3.58. The van der Waals surface area contributed by atoms with E-state index in [1.165, 1.54) is 4.90 Å². The molecule has 2 N–H and O–H groups in total. The Morgan fingerprint density at radius 3 is 2.68 bits per heavy atom. The number of aliphatic hydroxyl groups excluding tert-OH is 1. The smallest absolute Gasteiger partial charge is 0.310 e. The Morgan fingerprint density at radius 2 is 2.13 bits per heavy atom. The Hall–Kier alpha value is -1.93. The zero-order valence-corrected chi connectivity index (χ0v) is 18.8. The van der Waals surface area contributed by atoms with Gasteiger partial charge in [-0.15, -0.1) is 6.58 Å². The van der Waals surface area contributed by atoms with E-state index < -0.39 is 41.6 Å². The minimum atomic E-state index is -1.14. The highest BCUT2D eigenvalue weighted by molar-refractivity contribution is 5.98. The maximum Gasteiger partial charge on any atom is 0.310 e. The Bertz CT molecular complexity index is 727. The molecular formula is C23H36N2O6. The second kappa shape index (κ2) is 9.28. The van der Waals surface area contributed by atoms with E-state index in [0.717, 1.165) is 12.8 Å². The molecule has 3 fully saturated rings. The number of fused-ring (bicyclic) bond motifs is 1. The van der Waals surface area contributed by atoms with Crippen LogP contribution in [0, 0.1) is 17.8 Å². The predicted molar refractivity (Wildman–Crippen MR) is 114 cm³/mol. The third-order valence-corrected chi connectivity index (χ3v) is 7.55. The van der Waals surface area contributed by atoms with Crippen molar-refractivity contribution in [1.82, 2.24) is 9.80 Å². The van der Waals surface area contributed by atoms with Crippen LogP contribution in [0.15, 0.2) is 12.7 Å². The van der Waals surface area contributed by atoms with Gasteiger partial charge in [0.05, 0.1) is 30.6 Å². The number of carboxylic acids is 1. The highest BCUT2D eigenvalue weighted by atomic mass is 16.5. The van der Waals surface area contributed by atoms with E-state index in [4.69, 9.17) is 4.74 Å². The van der Waals surface area contributed by atoms with Crippen LogP contribution in [0.4, 0.5) is 0 Å². The summed E-state index contributed by atoms with van der Waals surface area (Å²) in [6, 6.07) is -1.50. The Balaban J connectivity index is 2.08. The Kier molecular flexibility index (Phi) is 7.11. The quantitative estimate of drug-likeness (QED) is 0.477. The number of hydrogen-bond donors (Lipinski definition) is 2. The van der Waals surface area contributed by atoms with Gasteiger partial charge >= 0.3 is 5.97 Å². The van der Waals surface area contributed by atoms with Crippen LogP contribution >= 0.6 is 0 Å². The van der Waals surface area contributed by atoms with Crippen molar-refractivity contribution in [3.63, 3.8) is 0 Å². The van der Waals surface area contributed by atoms with Gasteiger partial charge in [0.2, 0.25) is 11.8 Å². The monoisotopic (exact) mass is 436 g/mol. The first-order valence-electron chi connectivity index (χ1n) is 11.5. The van der Waals surface area contributed by atoms with Crippen LogP contribution in [0.25, 0.3) is 0 Å². The van der Waals surface area contributed by atoms with Crippen molar-refractivity contribution in [1.29, 1.82) is 0 Å². The third kappa shape index (κ3) is 3.67. The summed E-state index contributed by atoms with van der Waals surface area (Å²) >= 11 is 0. The van der Waals surface area contributed by atoms with Gasteiger partial charge in [-0.3, -0.25) is 14.4 Å². The number of aliphatic hydroxyl groups is 1. The number of likely N-dealkylation sites (tertiary alicyclic amines) is 1. The molecule has 8 heteroatoms. The number of nitrogens with zero attached hydrogens (tertiary/aromatic N) is 2. The fourth-order valence-electron chi connectivity index (χ4n) is 5.79. The molecule has 2 amide bonds. The highest BCUT2D eigenvalue weighted by Gasteiger charge is 2.75. The van der Waals surface area contributed by atoms with Crippen molar-refractivity contribution in [2.75, 3.05) is 19.7 Å². The summed E-state index contributed by atoms with van der Waals surface area (Å²) < 4.78 is 6.23. The number of unbranched alkanes of at least 4 members (excludes halogenated alkanes) is 1. The molecule has 2 bridgehead atoms. The molecule has 0 aromatic carbocycles. The molecule has 174 valence electrons. The molecule has 3 rings (SSSR count). The van der Waals surface area contributed by atoms with Crippen molar-refractivity contribution < 1.29 is 29.3 Å². The average molecular weight is 437 g/mol. The van der Waals surface area contributed by atoms with Crippen molar-refractivity contribution >= 4 is 17.8 Å². The molecule has 3 aliphatic rings. The Labute approximate surface area is 184 Å². The van der Waals surface area contributed by atoms with Crippen molar-refractivity contribution in [2.24, 2.45) is 17.8 Å². The predicted octanol–water partition coefficient (Wildman–Crippen LogP) is 1.67. The minimum Gasteiger partial charge on any atom is -0.481 e. The third-order valence-electron chi connectivity index (χ3n) is 7.55. The molecule has 0 radical (unpaired) electrons. The highest BCUT2D eigenvalue weighted by Crippen LogP contribution is 2.59. The molecule has 3 aliphatic heterocycles. The SMILES string of the molecule is C=CCN(CCCC)C(=O)[C@@H]1N([C@@H](CO)[C@@H](C)CC)C(=O)[C@H]2[C@H](C(=O)O)[C@@H]3CC[C@]12O3. The lowest BCUT2D eigenvalue weighted by atomic mass is 9.70. The minimum absolute atomic E-state index is 0.0524. The number of ether oxygens (including phenoxy) is 1. The summed E-state index contributed by atoms with van der Waals surface area (Å²) in [7, 11) is 0. The lowest BCUT2D eigenvalue weighted by Crippen LogP contribution is -2.59. The molecule has 3 heterocycles. The number of amides is 2. The number of carboxylic acid groups (broad SMARTS) is 1. The number of hydrogen-bond acceptors (Lipinski definition) is 5. The van der Waals surface area contributed by atoms with Crippen molar-refractivity contribution in [3.8, 4) is 0 Å². The maximum atomic E-state index is 13.9. The van der Waals surface area contributed by atoms with Crippen LogP contribution in [-0.2, 0) is 19.1 Å². The van der Waals surface area contributed by atoms with Gasteiger partial charge in [0.25, 0.3) is 0 Å². The average Bonchev–Trinajstić information content (AvgIpc) is 3.39. The van der Waals surface area contributed by atoms with Crippen LogP contribution in [0.1, 0.15) is 52.9 Å². The van der Waals surface area contributed by atoms with E-state index in [0.29, 0.717) is 32.4 Å². The molecule has 0 unspecified atom stereocenters.